The molecule has 1 fully saturated rings. The smallest absolute Gasteiger partial charge is 0.410 e. The highest BCUT2D eigenvalue weighted by atomic mass is 19.3. The van der Waals surface area contributed by atoms with Crippen LogP contribution in [0.5, 0.6) is 0 Å². The van der Waals surface area contributed by atoms with Crippen molar-refractivity contribution in [3.05, 3.63) is 0 Å². The first kappa shape index (κ1) is 13.2. The fourth-order valence-electron chi connectivity index (χ4n) is 1.54. The van der Waals surface area contributed by atoms with E-state index >= 15 is 0 Å². The van der Waals surface area contributed by atoms with E-state index < -0.39 is 30.1 Å². The first-order valence-corrected chi connectivity index (χ1v) is 5.15. The minimum atomic E-state index is -2.62. The van der Waals surface area contributed by atoms with Crippen LogP contribution in [0.15, 0.2) is 0 Å². The largest absolute Gasteiger partial charge is 0.444 e. The summed E-state index contributed by atoms with van der Waals surface area (Å²) in [6, 6.07) is 0. The van der Waals surface area contributed by atoms with Crippen LogP contribution in [0.3, 0.4) is 0 Å². The van der Waals surface area contributed by atoms with Gasteiger partial charge in [0.1, 0.15) is 5.60 Å². The molecule has 6 heteroatoms. The minimum absolute atomic E-state index is 0.0933. The molecule has 0 spiro atoms. The third-order valence-corrected chi connectivity index (χ3v) is 2.31. The minimum Gasteiger partial charge on any atom is -0.444 e. The Bertz CT molecular complexity index is 265. The molecule has 4 nitrogen and oxygen atoms in total. The summed E-state index contributed by atoms with van der Waals surface area (Å²) in [5, 5.41) is 9.35. The van der Waals surface area contributed by atoms with Crippen molar-refractivity contribution in [2.24, 2.45) is 5.92 Å². The van der Waals surface area contributed by atoms with Gasteiger partial charge in [0.2, 0.25) is 6.43 Å². The van der Waals surface area contributed by atoms with Gasteiger partial charge >= 0.3 is 6.09 Å². The zero-order chi connectivity index (χ0) is 12.5. The maximum atomic E-state index is 12.4. The predicted molar refractivity (Wildman–Crippen MR) is 53.3 cm³/mol. The number of hydrogen-bond donors (Lipinski definition) is 1. The molecule has 1 aliphatic heterocycles. The number of likely N-dealkylation sites (tertiary alicyclic amines) is 1. The second-order valence-corrected chi connectivity index (χ2v) is 4.95. The highest BCUT2D eigenvalue weighted by Gasteiger charge is 2.40. The molecule has 0 aromatic carbocycles. The van der Waals surface area contributed by atoms with Crippen molar-refractivity contribution >= 4 is 6.09 Å². The van der Waals surface area contributed by atoms with E-state index in [1.165, 1.54) is 0 Å². The summed E-state index contributed by atoms with van der Waals surface area (Å²) < 4.78 is 29.9. The van der Waals surface area contributed by atoms with Crippen molar-refractivity contribution in [3.8, 4) is 0 Å². The van der Waals surface area contributed by atoms with Gasteiger partial charge in [0, 0.05) is 6.54 Å². The van der Waals surface area contributed by atoms with Gasteiger partial charge in [-0.3, -0.25) is 0 Å². The normalized spacial score (nSPS) is 26.3. The van der Waals surface area contributed by atoms with Gasteiger partial charge < -0.3 is 14.7 Å². The third kappa shape index (κ3) is 3.30. The molecule has 1 aliphatic rings. The summed E-state index contributed by atoms with van der Waals surface area (Å²) in [4.78, 5) is 12.6. The fraction of sp³-hybridized carbons (Fsp3) is 0.900. The number of alkyl halides is 2. The summed E-state index contributed by atoms with van der Waals surface area (Å²) in [6.07, 6.45) is -4.45. The van der Waals surface area contributed by atoms with Gasteiger partial charge in [0.05, 0.1) is 18.6 Å². The Kier molecular flexibility index (Phi) is 3.72. The lowest BCUT2D eigenvalue weighted by atomic mass is 10.1. The van der Waals surface area contributed by atoms with Crippen LogP contribution in [0.25, 0.3) is 0 Å². The van der Waals surface area contributed by atoms with Crippen LogP contribution in [-0.2, 0) is 4.74 Å². The SMILES string of the molecule is CC(C)(C)OC(=O)N1CC(C(F)F)[C@H](O)C1. The van der Waals surface area contributed by atoms with E-state index in [4.69, 9.17) is 4.74 Å². The number of aliphatic hydroxyl groups is 1. The highest BCUT2D eigenvalue weighted by Crippen LogP contribution is 2.24. The van der Waals surface area contributed by atoms with Gasteiger partial charge in [-0.25, -0.2) is 13.6 Å². The lowest BCUT2D eigenvalue weighted by molar-refractivity contribution is 0.0194. The van der Waals surface area contributed by atoms with E-state index in [1.807, 2.05) is 0 Å². The molecule has 0 aliphatic carbocycles. The topological polar surface area (TPSA) is 49.8 Å². The second kappa shape index (κ2) is 4.53. The summed E-state index contributed by atoms with van der Waals surface area (Å²) in [5.41, 5.74) is -0.662. The summed E-state index contributed by atoms with van der Waals surface area (Å²) in [6.45, 7) is 4.84. The molecule has 0 aromatic rings. The maximum absolute atomic E-state index is 12.4. The molecular formula is C10H17F2NO3. The van der Waals surface area contributed by atoms with Gasteiger partial charge in [-0.05, 0) is 20.8 Å². The number of nitrogens with zero attached hydrogens (tertiary/aromatic N) is 1. The Labute approximate surface area is 93.2 Å². The molecule has 16 heavy (non-hydrogen) atoms. The predicted octanol–water partition coefficient (Wildman–Crippen LogP) is 1.48. The lowest BCUT2D eigenvalue weighted by Crippen LogP contribution is -2.36. The molecule has 0 saturated carbocycles. The first-order valence-electron chi connectivity index (χ1n) is 5.15. The van der Waals surface area contributed by atoms with E-state index in [9.17, 15) is 18.7 Å². The Morgan fingerprint density at radius 3 is 2.38 bits per heavy atom. The van der Waals surface area contributed by atoms with Crippen LogP contribution in [0, 0.1) is 5.92 Å². The Hall–Kier alpha value is -0.910. The van der Waals surface area contributed by atoms with Crippen LogP contribution in [-0.4, -0.2) is 47.3 Å². The Morgan fingerprint density at radius 1 is 1.44 bits per heavy atom. The lowest BCUT2D eigenvalue weighted by Gasteiger charge is -2.24. The van der Waals surface area contributed by atoms with Crippen molar-refractivity contribution in [2.45, 2.75) is 38.9 Å². The molecule has 2 atom stereocenters. The number of β-amino-alcohol motifs (C(OH)–C–C–N with tert-alkyl or cyclic N) is 1. The molecule has 0 radical (unpaired) electrons. The molecule has 1 heterocycles. The second-order valence-electron chi connectivity index (χ2n) is 4.95. The number of hydrogen-bond acceptors (Lipinski definition) is 3. The van der Waals surface area contributed by atoms with E-state index in [0.717, 1.165) is 4.90 Å². The van der Waals surface area contributed by atoms with E-state index in [0.29, 0.717) is 0 Å². The molecule has 94 valence electrons. The van der Waals surface area contributed by atoms with Crippen molar-refractivity contribution in [1.82, 2.24) is 4.90 Å². The van der Waals surface area contributed by atoms with Gasteiger partial charge in [0.25, 0.3) is 0 Å². The summed E-state index contributed by atoms with van der Waals surface area (Å²) >= 11 is 0. The Balaban J connectivity index is 2.55. The standard InChI is InChI=1S/C10H17F2NO3/c1-10(2,3)16-9(15)13-4-6(8(11)12)7(14)5-13/h6-8,14H,4-5H2,1-3H3/t6?,7-/m1/s1. The number of aliphatic hydroxyl groups excluding tert-OH is 1. The molecule has 1 saturated heterocycles. The quantitative estimate of drug-likeness (QED) is 0.751. The Morgan fingerprint density at radius 2 is 2.00 bits per heavy atom. The zero-order valence-electron chi connectivity index (χ0n) is 9.61. The van der Waals surface area contributed by atoms with Crippen LogP contribution in [0.2, 0.25) is 0 Å². The van der Waals surface area contributed by atoms with E-state index in [1.54, 1.807) is 20.8 Å². The van der Waals surface area contributed by atoms with E-state index in [2.05, 4.69) is 0 Å². The van der Waals surface area contributed by atoms with E-state index in [-0.39, 0.29) is 13.1 Å². The average molecular weight is 237 g/mol. The van der Waals surface area contributed by atoms with Gasteiger partial charge in [-0.1, -0.05) is 0 Å². The molecule has 1 unspecified atom stereocenters. The van der Waals surface area contributed by atoms with Crippen LogP contribution in [0.1, 0.15) is 20.8 Å². The third-order valence-electron chi connectivity index (χ3n) is 2.31. The fourth-order valence-corrected chi connectivity index (χ4v) is 1.54. The van der Waals surface area contributed by atoms with Crippen molar-refractivity contribution in [2.75, 3.05) is 13.1 Å². The molecular weight excluding hydrogens is 220 g/mol. The molecule has 1 rings (SSSR count). The number of amides is 1. The number of halogens is 2. The molecule has 1 N–H and O–H groups in total. The maximum Gasteiger partial charge on any atom is 0.410 e. The van der Waals surface area contributed by atoms with Crippen LogP contribution < -0.4 is 0 Å². The molecule has 0 aromatic heterocycles. The van der Waals surface area contributed by atoms with Crippen LogP contribution >= 0.6 is 0 Å². The van der Waals surface area contributed by atoms with Crippen molar-refractivity contribution < 1.29 is 23.4 Å². The number of carbonyl (C=O) groups is 1. The zero-order valence-corrected chi connectivity index (χ0v) is 9.61. The number of carbonyl (C=O) groups excluding carboxylic acids is 1. The number of rotatable bonds is 1. The van der Waals surface area contributed by atoms with Crippen molar-refractivity contribution in [3.63, 3.8) is 0 Å². The monoisotopic (exact) mass is 237 g/mol. The summed E-state index contributed by atoms with van der Waals surface area (Å²) in [7, 11) is 0. The molecule has 1 amide bonds. The van der Waals surface area contributed by atoms with Gasteiger partial charge in [-0.2, -0.15) is 0 Å². The molecule has 0 bridgehead atoms. The van der Waals surface area contributed by atoms with Crippen molar-refractivity contribution in [1.29, 1.82) is 0 Å². The highest BCUT2D eigenvalue weighted by molar-refractivity contribution is 5.68. The number of ether oxygens (including phenoxy) is 1. The summed E-state index contributed by atoms with van der Waals surface area (Å²) in [5.74, 6) is -1.17. The first-order chi connectivity index (χ1) is 7.20. The van der Waals surface area contributed by atoms with Gasteiger partial charge in [-0.15, -0.1) is 0 Å². The van der Waals surface area contributed by atoms with Gasteiger partial charge in [0.15, 0.2) is 0 Å². The van der Waals surface area contributed by atoms with Crippen LogP contribution in [0.4, 0.5) is 13.6 Å². The average Bonchev–Trinajstić information content (AvgIpc) is 2.44.